The number of sulfonamides is 1. The monoisotopic (exact) mass is 272 g/mol. The average molecular weight is 272 g/mol. The first-order chi connectivity index (χ1) is 8.61. The van der Waals surface area contributed by atoms with E-state index in [1.165, 1.54) is 7.11 Å². The van der Waals surface area contributed by atoms with E-state index in [1.54, 1.807) is 18.2 Å². The maximum absolute atomic E-state index is 12.1. The van der Waals surface area contributed by atoms with Gasteiger partial charge in [0, 0.05) is 20.2 Å². The van der Waals surface area contributed by atoms with Gasteiger partial charge < -0.3 is 10.1 Å². The highest BCUT2D eigenvalue weighted by Gasteiger charge is 2.17. The van der Waals surface area contributed by atoms with Gasteiger partial charge in [0.2, 0.25) is 10.0 Å². The highest BCUT2D eigenvalue weighted by molar-refractivity contribution is 7.89. The first kappa shape index (κ1) is 14.9. The Bertz CT molecular complexity index is 460. The normalized spacial score (nSPS) is 11.4. The number of hydrogen-bond acceptors (Lipinski definition) is 4. The molecule has 1 aromatic carbocycles. The molecule has 102 valence electrons. The molecule has 0 saturated carbocycles. The zero-order chi connectivity index (χ0) is 13.4. The predicted molar refractivity (Wildman–Crippen MR) is 72.3 cm³/mol. The predicted octanol–water partition coefficient (Wildman–Crippen LogP) is 1.43. The van der Waals surface area contributed by atoms with Crippen molar-refractivity contribution in [2.45, 2.75) is 18.2 Å². The van der Waals surface area contributed by atoms with Crippen molar-refractivity contribution in [1.29, 1.82) is 0 Å². The summed E-state index contributed by atoms with van der Waals surface area (Å²) in [5.41, 5.74) is 0.629. The van der Waals surface area contributed by atoms with Gasteiger partial charge in [-0.3, -0.25) is 0 Å². The van der Waals surface area contributed by atoms with Gasteiger partial charge in [-0.1, -0.05) is 19.1 Å². The van der Waals surface area contributed by atoms with Crippen LogP contribution in [-0.4, -0.2) is 35.2 Å². The molecule has 5 nitrogen and oxygen atoms in total. The molecule has 0 aromatic heterocycles. The standard InChI is InChI=1S/C12H20N2O3S/c1-3-8-13-11-6-4-5-7-12(11)18(15,16)14-9-10-17-2/h4-7,13-14H,3,8-10H2,1-2H3. The van der Waals surface area contributed by atoms with Gasteiger partial charge in [0.1, 0.15) is 4.90 Å². The van der Waals surface area contributed by atoms with E-state index in [9.17, 15) is 8.42 Å². The summed E-state index contributed by atoms with van der Waals surface area (Å²) in [6.07, 6.45) is 0.936. The maximum atomic E-state index is 12.1. The second kappa shape index (κ2) is 7.35. The highest BCUT2D eigenvalue weighted by Crippen LogP contribution is 2.20. The van der Waals surface area contributed by atoms with Crippen molar-refractivity contribution in [3.8, 4) is 0 Å². The fourth-order valence-corrected chi connectivity index (χ4v) is 2.66. The van der Waals surface area contributed by atoms with E-state index in [0.29, 0.717) is 12.3 Å². The highest BCUT2D eigenvalue weighted by atomic mass is 32.2. The molecule has 1 aromatic rings. The van der Waals surface area contributed by atoms with Gasteiger partial charge in [0.15, 0.2) is 0 Å². The summed E-state index contributed by atoms with van der Waals surface area (Å²) in [5, 5.41) is 3.11. The quantitative estimate of drug-likeness (QED) is 0.703. The fraction of sp³-hybridized carbons (Fsp3) is 0.500. The van der Waals surface area contributed by atoms with Crippen molar-refractivity contribution >= 4 is 15.7 Å². The van der Waals surface area contributed by atoms with Crippen molar-refractivity contribution in [1.82, 2.24) is 4.72 Å². The lowest BCUT2D eigenvalue weighted by Crippen LogP contribution is -2.28. The Hall–Kier alpha value is -1.11. The number of methoxy groups -OCH3 is 1. The number of anilines is 1. The summed E-state index contributed by atoms with van der Waals surface area (Å²) in [4.78, 5) is 0.273. The lowest BCUT2D eigenvalue weighted by molar-refractivity contribution is 0.204. The number of rotatable bonds is 8. The number of ether oxygens (including phenoxy) is 1. The number of para-hydroxylation sites is 1. The Morgan fingerprint density at radius 3 is 2.61 bits per heavy atom. The molecule has 0 saturated heterocycles. The maximum Gasteiger partial charge on any atom is 0.242 e. The van der Waals surface area contributed by atoms with Crippen molar-refractivity contribution in [2.24, 2.45) is 0 Å². The summed E-state index contributed by atoms with van der Waals surface area (Å²) in [7, 11) is -1.95. The van der Waals surface area contributed by atoms with Crippen molar-refractivity contribution in [3.05, 3.63) is 24.3 Å². The van der Waals surface area contributed by atoms with Crippen LogP contribution in [0.25, 0.3) is 0 Å². The third-order valence-corrected chi connectivity index (χ3v) is 3.86. The molecule has 0 aliphatic rings. The Balaban J connectivity index is 2.86. The third kappa shape index (κ3) is 4.29. The first-order valence-electron chi connectivity index (χ1n) is 5.93. The second-order valence-corrected chi connectivity index (χ2v) is 5.55. The lowest BCUT2D eigenvalue weighted by Gasteiger charge is -2.12. The molecule has 0 aliphatic carbocycles. The molecule has 18 heavy (non-hydrogen) atoms. The molecule has 0 aliphatic heterocycles. The number of hydrogen-bond donors (Lipinski definition) is 2. The minimum absolute atomic E-state index is 0.265. The van der Waals surface area contributed by atoms with Gasteiger partial charge in [0.25, 0.3) is 0 Å². The average Bonchev–Trinajstić information content (AvgIpc) is 2.37. The van der Waals surface area contributed by atoms with Crippen LogP contribution in [0.5, 0.6) is 0 Å². The van der Waals surface area contributed by atoms with Crippen LogP contribution in [0.15, 0.2) is 29.2 Å². The minimum atomic E-state index is -3.49. The first-order valence-corrected chi connectivity index (χ1v) is 7.41. The Kier molecular flexibility index (Phi) is 6.11. The molecule has 0 heterocycles. The molecule has 0 bridgehead atoms. The molecule has 0 radical (unpaired) electrons. The van der Waals surface area contributed by atoms with Crippen LogP contribution < -0.4 is 10.0 Å². The molecule has 0 unspecified atom stereocenters. The molecule has 1 rings (SSSR count). The van der Waals surface area contributed by atoms with Gasteiger partial charge in [-0.05, 0) is 18.6 Å². The molecule has 2 N–H and O–H groups in total. The van der Waals surface area contributed by atoms with Crippen molar-refractivity contribution < 1.29 is 13.2 Å². The van der Waals surface area contributed by atoms with E-state index in [4.69, 9.17) is 4.74 Å². The van der Waals surface area contributed by atoms with Crippen molar-refractivity contribution in [2.75, 3.05) is 32.1 Å². The summed E-state index contributed by atoms with van der Waals surface area (Å²) >= 11 is 0. The zero-order valence-electron chi connectivity index (χ0n) is 10.8. The van der Waals surface area contributed by atoms with Crippen LogP contribution >= 0.6 is 0 Å². The molecule has 0 fully saturated rings. The van der Waals surface area contributed by atoms with Gasteiger partial charge in [-0.2, -0.15) is 0 Å². The molecule has 6 heteroatoms. The van der Waals surface area contributed by atoms with Crippen LogP contribution in [0, 0.1) is 0 Å². The molecular weight excluding hydrogens is 252 g/mol. The Morgan fingerprint density at radius 1 is 1.22 bits per heavy atom. The minimum Gasteiger partial charge on any atom is -0.384 e. The van der Waals surface area contributed by atoms with E-state index in [-0.39, 0.29) is 11.4 Å². The Labute approximate surface area is 109 Å². The SMILES string of the molecule is CCCNc1ccccc1S(=O)(=O)NCCOC. The summed E-state index contributed by atoms with van der Waals surface area (Å²) in [5.74, 6) is 0. The molecule has 0 spiro atoms. The van der Waals surface area contributed by atoms with Gasteiger partial charge in [-0.25, -0.2) is 13.1 Å². The van der Waals surface area contributed by atoms with E-state index in [2.05, 4.69) is 10.0 Å². The van der Waals surface area contributed by atoms with E-state index in [1.807, 2.05) is 13.0 Å². The third-order valence-electron chi connectivity index (χ3n) is 2.34. The van der Waals surface area contributed by atoms with Gasteiger partial charge in [0.05, 0.1) is 12.3 Å². The van der Waals surface area contributed by atoms with Gasteiger partial charge in [-0.15, -0.1) is 0 Å². The summed E-state index contributed by atoms with van der Waals surface area (Å²) in [6.45, 7) is 3.39. The van der Waals surface area contributed by atoms with Crippen LogP contribution in [0.4, 0.5) is 5.69 Å². The number of nitrogens with one attached hydrogen (secondary N) is 2. The van der Waals surface area contributed by atoms with Gasteiger partial charge >= 0.3 is 0 Å². The topological polar surface area (TPSA) is 67.4 Å². The molecule has 0 amide bonds. The summed E-state index contributed by atoms with van der Waals surface area (Å²) < 4.78 is 31.5. The smallest absolute Gasteiger partial charge is 0.242 e. The van der Waals surface area contributed by atoms with Crippen LogP contribution in [0.1, 0.15) is 13.3 Å². The molecular formula is C12H20N2O3S. The van der Waals surface area contributed by atoms with Crippen molar-refractivity contribution in [3.63, 3.8) is 0 Å². The summed E-state index contributed by atoms with van der Waals surface area (Å²) in [6, 6.07) is 6.88. The number of benzene rings is 1. The van der Waals surface area contributed by atoms with E-state index in [0.717, 1.165) is 13.0 Å². The second-order valence-electron chi connectivity index (χ2n) is 3.81. The lowest BCUT2D eigenvalue weighted by atomic mass is 10.3. The van der Waals surface area contributed by atoms with E-state index < -0.39 is 10.0 Å². The molecule has 0 atom stereocenters. The van der Waals surface area contributed by atoms with Crippen LogP contribution in [-0.2, 0) is 14.8 Å². The largest absolute Gasteiger partial charge is 0.384 e. The van der Waals surface area contributed by atoms with Crippen LogP contribution in [0.3, 0.4) is 0 Å². The van der Waals surface area contributed by atoms with Crippen LogP contribution in [0.2, 0.25) is 0 Å². The Morgan fingerprint density at radius 2 is 1.94 bits per heavy atom. The fourth-order valence-electron chi connectivity index (χ4n) is 1.46. The van der Waals surface area contributed by atoms with E-state index >= 15 is 0 Å². The zero-order valence-corrected chi connectivity index (χ0v) is 11.6.